The summed E-state index contributed by atoms with van der Waals surface area (Å²) in [7, 11) is 0. The molecule has 4 aliphatic rings. The lowest BCUT2D eigenvalue weighted by molar-refractivity contribution is -0.0139. The van der Waals surface area contributed by atoms with Crippen molar-refractivity contribution < 1.29 is 9.90 Å². The van der Waals surface area contributed by atoms with Crippen LogP contribution in [-0.4, -0.2) is 105 Å². The van der Waals surface area contributed by atoms with Gasteiger partial charge in [0, 0.05) is 76.7 Å². The smallest absolute Gasteiger partial charge is 0.272 e. The van der Waals surface area contributed by atoms with Gasteiger partial charge in [0.15, 0.2) is 0 Å². The van der Waals surface area contributed by atoms with Crippen molar-refractivity contribution >= 4 is 23.5 Å². The van der Waals surface area contributed by atoms with Crippen molar-refractivity contribution in [3.63, 3.8) is 0 Å². The van der Waals surface area contributed by atoms with Gasteiger partial charge in [-0.25, -0.2) is 15.0 Å². The number of amides is 1. The third-order valence-electron chi connectivity index (χ3n) is 9.52. The van der Waals surface area contributed by atoms with Gasteiger partial charge in [0.25, 0.3) is 5.91 Å². The molecule has 0 unspecified atom stereocenters. The van der Waals surface area contributed by atoms with E-state index in [4.69, 9.17) is 9.97 Å². The number of aromatic nitrogens is 4. The monoisotopic (exact) mass is 583 g/mol. The summed E-state index contributed by atoms with van der Waals surface area (Å²) in [5.41, 5.74) is 3.14. The lowest BCUT2D eigenvalue weighted by Gasteiger charge is -2.43. The predicted molar refractivity (Wildman–Crippen MR) is 165 cm³/mol. The molecule has 6 heterocycles. The van der Waals surface area contributed by atoms with Crippen LogP contribution in [0.4, 0.5) is 17.6 Å². The molecule has 3 saturated heterocycles. The highest BCUT2D eigenvalue weighted by molar-refractivity contribution is 5.93. The highest BCUT2D eigenvalue weighted by Crippen LogP contribution is 2.27. The van der Waals surface area contributed by atoms with Gasteiger partial charge in [-0.05, 0) is 55.7 Å². The molecule has 11 nitrogen and oxygen atoms in total. The van der Waals surface area contributed by atoms with Gasteiger partial charge >= 0.3 is 0 Å². The number of fused-ring (bicyclic) bond motifs is 1. The van der Waals surface area contributed by atoms with Crippen molar-refractivity contribution in [2.24, 2.45) is 0 Å². The molecular weight excluding hydrogens is 542 g/mol. The fourth-order valence-corrected chi connectivity index (χ4v) is 7.10. The van der Waals surface area contributed by atoms with Gasteiger partial charge in [-0.2, -0.15) is 4.98 Å². The Hall–Kier alpha value is -3.83. The number of β-amino-alcohol motifs (C(OH)–C–C–N with tert-alkyl or cyclic N) is 1. The minimum atomic E-state index is -0.597. The molecule has 4 aliphatic heterocycles. The molecule has 0 aliphatic carbocycles. The number of nitrogens with zero attached hydrogens (tertiary/aromatic N) is 8. The van der Waals surface area contributed by atoms with Crippen molar-refractivity contribution in [3.05, 3.63) is 65.7 Å². The number of aliphatic hydroxyl groups excluding tert-OH is 1. The van der Waals surface area contributed by atoms with Crippen molar-refractivity contribution in [2.45, 2.75) is 63.3 Å². The van der Waals surface area contributed by atoms with Crippen molar-refractivity contribution in [3.8, 4) is 0 Å². The third-order valence-corrected chi connectivity index (χ3v) is 9.52. The average Bonchev–Trinajstić information content (AvgIpc) is 3.60. The zero-order valence-corrected chi connectivity index (χ0v) is 24.7. The molecule has 11 heteroatoms. The van der Waals surface area contributed by atoms with E-state index in [-0.39, 0.29) is 18.0 Å². The normalized spacial score (nSPS) is 23.3. The number of aliphatic hydroxyl groups is 1. The largest absolute Gasteiger partial charge is 0.390 e. The second kappa shape index (κ2) is 12.4. The summed E-state index contributed by atoms with van der Waals surface area (Å²) < 4.78 is 0. The van der Waals surface area contributed by atoms with E-state index in [9.17, 15) is 9.90 Å². The Labute approximate surface area is 253 Å². The Kier molecular flexibility index (Phi) is 8.08. The fraction of sp³-hybridized carbons (Fsp3) is 0.531. The van der Waals surface area contributed by atoms with Crippen molar-refractivity contribution in [1.29, 1.82) is 0 Å². The topological polar surface area (TPSA) is 114 Å². The molecular formula is C32H41N9O2. The summed E-state index contributed by atoms with van der Waals surface area (Å²) in [6.07, 6.45) is 8.60. The second-order valence-electron chi connectivity index (χ2n) is 12.3. The van der Waals surface area contributed by atoms with E-state index in [0.29, 0.717) is 30.5 Å². The minimum absolute atomic E-state index is 0.0495. The Morgan fingerprint density at radius 2 is 1.72 bits per heavy atom. The number of hydrogen-bond acceptors (Lipinski definition) is 10. The van der Waals surface area contributed by atoms with Crippen LogP contribution in [0.1, 0.15) is 53.7 Å². The highest BCUT2D eigenvalue weighted by Gasteiger charge is 2.36. The quantitative estimate of drug-likeness (QED) is 0.449. The lowest BCUT2D eigenvalue weighted by Crippen LogP contribution is -2.56. The molecule has 3 fully saturated rings. The Balaban J connectivity index is 1.02. The van der Waals surface area contributed by atoms with Crippen LogP contribution in [0.15, 0.2) is 48.9 Å². The van der Waals surface area contributed by atoms with Crippen LogP contribution in [0.25, 0.3) is 0 Å². The van der Waals surface area contributed by atoms with Crippen LogP contribution < -0.4 is 15.1 Å². The van der Waals surface area contributed by atoms with Gasteiger partial charge in [0.05, 0.1) is 6.10 Å². The van der Waals surface area contributed by atoms with Crippen molar-refractivity contribution in [2.75, 3.05) is 60.9 Å². The number of rotatable bonds is 6. The fourth-order valence-electron chi connectivity index (χ4n) is 7.10. The van der Waals surface area contributed by atoms with Gasteiger partial charge in [-0.3, -0.25) is 9.69 Å². The molecule has 7 rings (SSSR count). The maximum absolute atomic E-state index is 13.8. The average molecular weight is 584 g/mol. The van der Waals surface area contributed by atoms with E-state index >= 15 is 0 Å². The first-order valence-electron chi connectivity index (χ1n) is 15.8. The van der Waals surface area contributed by atoms with Crippen LogP contribution in [0.3, 0.4) is 0 Å². The van der Waals surface area contributed by atoms with E-state index in [1.165, 1.54) is 11.1 Å². The van der Waals surface area contributed by atoms with Crippen LogP contribution in [0, 0.1) is 0 Å². The molecule has 0 radical (unpaired) electrons. The molecule has 1 aromatic carbocycles. The van der Waals surface area contributed by atoms with Crippen LogP contribution >= 0.6 is 0 Å². The zero-order valence-electron chi connectivity index (χ0n) is 24.7. The Morgan fingerprint density at radius 1 is 0.907 bits per heavy atom. The molecule has 3 aromatic rings. The Morgan fingerprint density at radius 3 is 2.49 bits per heavy atom. The van der Waals surface area contributed by atoms with E-state index < -0.39 is 6.10 Å². The van der Waals surface area contributed by atoms with Crippen LogP contribution in [-0.2, 0) is 13.0 Å². The predicted octanol–water partition coefficient (Wildman–Crippen LogP) is 2.58. The summed E-state index contributed by atoms with van der Waals surface area (Å²) in [6.45, 7) is 6.28. The number of anilines is 3. The van der Waals surface area contributed by atoms with E-state index in [0.717, 1.165) is 83.6 Å². The summed E-state index contributed by atoms with van der Waals surface area (Å²) in [4.78, 5) is 40.5. The van der Waals surface area contributed by atoms with E-state index in [2.05, 4.69) is 54.2 Å². The lowest BCUT2D eigenvalue weighted by atomic mass is 9.94. The first-order valence-corrected chi connectivity index (χ1v) is 15.8. The molecule has 1 amide bonds. The maximum atomic E-state index is 13.8. The molecule has 0 bridgehead atoms. The molecule has 226 valence electrons. The second-order valence-corrected chi connectivity index (χ2v) is 12.3. The number of hydrogen-bond donors (Lipinski definition) is 2. The molecule has 0 saturated carbocycles. The van der Waals surface area contributed by atoms with Crippen LogP contribution in [0.5, 0.6) is 0 Å². The molecule has 0 spiro atoms. The molecule has 2 atom stereocenters. The molecule has 2 aromatic heterocycles. The third kappa shape index (κ3) is 6.14. The standard InChI is InChI=1S/C32H41N9O2/c42-28-21-41(18-11-27(28)40-15-8-23-5-1-2-6-24(23)20-40)31(43)26-19-29(37-32(36-26)39-13-3-4-14-39)35-25-9-16-38(17-10-25)30-7-12-33-22-34-30/h1-2,5-7,12,19,22,25,27-28,42H,3-4,8-11,13-18,20-21H2,(H,35,36,37)/t27-,28-/m1/s1. The first-order chi connectivity index (χ1) is 21.1. The summed E-state index contributed by atoms with van der Waals surface area (Å²) >= 11 is 0. The number of piperidine rings is 2. The first kappa shape index (κ1) is 28.0. The minimum Gasteiger partial charge on any atom is -0.390 e. The van der Waals surface area contributed by atoms with Gasteiger partial charge in [-0.1, -0.05) is 24.3 Å². The summed E-state index contributed by atoms with van der Waals surface area (Å²) in [6, 6.07) is 12.6. The molecule has 2 N–H and O–H groups in total. The van der Waals surface area contributed by atoms with Gasteiger partial charge in [0.1, 0.15) is 23.7 Å². The number of nitrogens with one attached hydrogen (secondary N) is 1. The number of likely N-dealkylation sites (tertiary alicyclic amines) is 1. The van der Waals surface area contributed by atoms with E-state index in [1.54, 1.807) is 23.5 Å². The molecule has 43 heavy (non-hydrogen) atoms. The van der Waals surface area contributed by atoms with Gasteiger partial charge < -0.3 is 25.1 Å². The Bertz CT molecular complexity index is 1410. The summed E-state index contributed by atoms with van der Waals surface area (Å²) in [5.74, 6) is 2.14. The van der Waals surface area contributed by atoms with Crippen LogP contribution in [0.2, 0.25) is 0 Å². The number of carbonyl (C=O) groups is 1. The van der Waals surface area contributed by atoms with Crippen molar-refractivity contribution in [1.82, 2.24) is 29.7 Å². The van der Waals surface area contributed by atoms with Gasteiger partial charge in [0.2, 0.25) is 5.95 Å². The van der Waals surface area contributed by atoms with Gasteiger partial charge in [-0.15, -0.1) is 0 Å². The highest BCUT2D eigenvalue weighted by atomic mass is 16.3. The summed E-state index contributed by atoms with van der Waals surface area (Å²) in [5, 5.41) is 14.9. The number of carbonyl (C=O) groups excluding carboxylic acids is 1. The SMILES string of the molecule is O=C(c1cc(NC2CCN(c3ccncn3)CC2)nc(N2CCCC2)n1)N1CC[C@@H](N2CCc3ccccc3C2)[C@H](O)C1. The maximum Gasteiger partial charge on any atom is 0.272 e. The number of benzene rings is 1. The zero-order chi connectivity index (χ0) is 29.2. The van der Waals surface area contributed by atoms with E-state index in [1.807, 2.05) is 6.07 Å².